The van der Waals surface area contributed by atoms with Gasteiger partial charge in [-0.05, 0) is 16.3 Å². The third kappa shape index (κ3) is 2.12. The molecule has 3 aromatic rings. The molecule has 4 nitrogen and oxygen atoms in total. The average Bonchev–Trinajstić information content (AvgIpc) is 2.82. The highest BCUT2D eigenvalue weighted by Gasteiger charge is 2.03. The van der Waals surface area contributed by atoms with E-state index in [1.165, 1.54) is 27.7 Å². The Morgan fingerprint density at radius 2 is 1.89 bits per heavy atom. The summed E-state index contributed by atoms with van der Waals surface area (Å²) in [5, 5.41) is 14.7. The van der Waals surface area contributed by atoms with Crippen molar-refractivity contribution in [2.75, 3.05) is 11.1 Å². The van der Waals surface area contributed by atoms with Crippen LogP contribution in [-0.4, -0.2) is 10.2 Å². The summed E-state index contributed by atoms with van der Waals surface area (Å²) in [6.45, 7) is 0.718. The number of nitrogens with two attached hydrogens (primary N) is 1. The Kier molecular flexibility index (Phi) is 2.82. The first-order valence-electron chi connectivity index (χ1n) is 5.62. The Hall–Kier alpha value is -2.14. The number of hydrogen-bond acceptors (Lipinski definition) is 5. The second-order valence-electron chi connectivity index (χ2n) is 3.94. The normalized spacial score (nSPS) is 10.7. The van der Waals surface area contributed by atoms with Crippen molar-refractivity contribution >= 4 is 32.4 Å². The maximum Gasteiger partial charge on any atom is 0.207 e. The van der Waals surface area contributed by atoms with Crippen LogP contribution in [0.15, 0.2) is 42.5 Å². The highest BCUT2D eigenvalue weighted by atomic mass is 32.1. The Morgan fingerprint density at radius 1 is 1.06 bits per heavy atom. The highest BCUT2D eigenvalue weighted by Crippen LogP contribution is 2.21. The minimum atomic E-state index is 0.482. The van der Waals surface area contributed by atoms with Crippen molar-refractivity contribution in [1.29, 1.82) is 0 Å². The molecule has 0 aliphatic carbocycles. The van der Waals surface area contributed by atoms with Gasteiger partial charge in [0.25, 0.3) is 0 Å². The summed E-state index contributed by atoms with van der Waals surface area (Å²) in [6, 6.07) is 14.6. The molecular weight excluding hydrogens is 244 g/mol. The fraction of sp³-hybridized carbons (Fsp3) is 0.0769. The summed E-state index contributed by atoms with van der Waals surface area (Å²) >= 11 is 1.36. The van der Waals surface area contributed by atoms with Gasteiger partial charge in [-0.25, -0.2) is 0 Å². The van der Waals surface area contributed by atoms with Gasteiger partial charge in [-0.1, -0.05) is 53.8 Å². The molecule has 1 aromatic heterocycles. The third-order valence-corrected chi connectivity index (χ3v) is 3.46. The first kappa shape index (κ1) is 11.0. The summed E-state index contributed by atoms with van der Waals surface area (Å²) in [7, 11) is 0. The van der Waals surface area contributed by atoms with Crippen molar-refractivity contribution in [3.05, 3.63) is 48.0 Å². The van der Waals surface area contributed by atoms with Gasteiger partial charge in [0, 0.05) is 6.54 Å². The predicted molar refractivity (Wildman–Crippen MR) is 75.6 cm³/mol. The van der Waals surface area contributed by atoms with E-state index in [1.54, 1.807) is 0 Å². The third-order valence-electron chi connectivity index (χ3n) is 2.75. The van der Waals surface area contributed by atoms with Gasteiger partial charge in [0.1, 0.15) is 0 Å². The fourth-order valence-electron chi connectivity index (χ4n) is 1.92. The van der Waals surface area contributed by atoms with Crippen LogP contribution >= 0.6 is 11.3 Å². The number of nitrogens with zero attached hydrogens (tertiary/aromatic N) is 2. The Labute approximate surface area is 108 Å². The lowest BCUT2D eigenvalue weighted by Crippen LogP contribution is -1.99. The zero-order chi connectivity index (χ0) is 12.4. The minimum Gasteiger partial charge on any atom is -0.374 e. The van der Waals surface area contributed by atoms with E-state index in [0.29, 0.717) is 5.13 Å². The van der Waals surface area contributed by atoms with Crippen molar-refractivity contribution in [2.24, 2.45) is 0 Å². The summed E-state index contributed by atoms with van der Waals surface area (Å²) in [5.41, 5.74) is 6.78. The molecule has 0 atom stereocenters. The lowest BCUT2D eigenvalue weighted by Gasteiger charge is -2.06. The van der Waals surface area contributed by atoms with Crippen molar-refractivity contribution < 1.29 is 0 Å². The van der Waals surface area contributed by atoms with E-state index < -0.39 is 0 Å². The SMILES string of the molecule is Nc1nnc(NCc2cccc3ccccc23)s1. The molecule has 90 valence electrons. The van der Waals surface area contributed by atoms with E-state index in [0.717, 1.165) is 11.7 Å². The predicted octanol–water partition coefficient (Wildman–Crippen LogP) is 2.89. The number of benzene rings is 2. The van der Waals surface area contributed by atoms with Gasteiger partial charge in [-0.2, -0.15) is 0 Å². The van der Waals surface area contributed by atoms with Crippen LogP contribution in [0.1, 0.15) is 5.56 Å². The number of hydrogen-bond donors (Lipinski definition) is 2. The summed E-state index contributed by atoms with van der Waals surface area (Å²) < 4.78 is 0. The summed E-state index contributed by atoms with van der Waals surface area (Å²) in [6.07, 6.45) is 0. The fourth-order valence-corrected chi connectivity index (χ4v) is 2.43. The van der Waals surface area contributed by atoms with Crippen molar-refractivity contribution in [3.8, 4) is 0 Å². The number of anilines is 2. The molecule has 0 radical (unpaired) electrons. The molecule has 0 fully saturated rings. The first-order chi connectivity index (χ1) is 8.83. The Morgan fingerprint density at radius 3 is 2.72 bits per heavy atom. The number of rotatable bonds is 3. The van der Waals surface area contributed by atoms with Gasteiger partial charge < -0.3 is 11.1 Å². The van der Waals surface area contributed by atoms with Crippen molar-refractivity contribution in [2.45, 2.75) is 6.54 Å². The van der Waals surface area contributed by atoms with Crippen LogP contribution in [0.5, 0.6) is 0 Å². The van der Waals surface area contributed by atoms with Gasteiger partial charge >= 0.3 is 0 Å². The molecule has 0 saturated heterocycles. The molecule has 18 heavy (non-hydrogen) atoms. The molecule has 0 aliphatic rings. The molecule has 0 saturated carbocycles. The Balaban J connectivity index is 1.86. The monoisotopic (exact) mass is 256 g/mol. The molecule has 3 rings (SSSR count). The van der Waals surface area contributed by atoms with Gasteiger partial charge in [0.2, 0.25) is 10.3 Å². The molecule has 0 amide bonds. The molecular formula is C13H12N4S. The smallest absolute Gasteiger partial charge is 0.207 e. The molecule has 2 aromatic carbocycles. The summed E-state index contributed by atoms with van der Waals surface area (Å²) in [5.74, 6) is 0. The molecule has 0 spiro atoms. The van der Waals surface area contributed by atoms with Gasteiger partial charge in [-0.3, -0.25) is 0 Å². The highest BCUT2D eigenvalue weighted by molar-refractivity contribution is 7.18. The van der Waals surface area contributed by atoms with Crippen LogP contribution in [0, 0.1) is 0 Å². The lowest BCUT2D eigenvalue weighted by atomic mass is 10.0. The van der Waals surface area contributed by atoms with E-state index in [1.807, 2.05) is 6.07 Å². The number of aromatic nitrogens is 2. The molecule has 0 bridgehead atoms. The zero-order valence-corrected chi connectivity index (χ0v) is 10.4. The maximum atomic E-state index is 5.54. The van der Waals surface area contributed by atoms with E-state index in [9.17, 15) is 0 Å². The zero-order valence-electron chi connectivity index (χ0n) is 9.63. The second kappa shape index (κ2) is 4.62. The standard InChI is InChI=1S/C13H12N4S/c14-12-16-17-13(18-12)15-8-10-6-3-5-9-4-1-2-7-11(9)10/h1-7H,8H2,(H2,14,16)(H,15,17). The van der Waals surface area contributed by atoms with E-state index in [2.05, 4.69) is 51.9 Å². The molecule has 1 heterocycles. The van der Waals surface area contributed by atoms with Gasteiger partial charge in [0.05, 0.1) is 0 Å². The van der Waals surface area contributed by atoms with E-state index >= 15 is 0 Å². The molecule has 0 unspecified atom stereocenters. The van der Waals surface area contributed by atoms with E-state index in [4.69, 9.17) is 5.73 Å². The molecule has 5 heteroatoms. The number of nitrogen functional groups attached to an aromatic ring is 1. The van der Waals surface area contributed by atoms with Crippen LogP contribution in [0.4, 0.5) is 10.3 Å². The van der Waals surface area contributed by atoms with Gasteiger partial charge in [0.15, 0.2) is 0 Å². The molecule has 3 N–H and O–H groups in total. The number of fused-ring (bicyclic) bond motifs is 1. The minimum absolute atomic E-state index is 0.482. The van der Waals surface area contributed by atoms with Crippen LogP contribution in [0.3, 0.4) is 0 Å². The van der Waals surface area contributed by atoms with Crippen molar-refractivity contribution in [3.63, 3.8) is 0 Å². The molecule has 0 aliphatic heterocycles. The van der Waals surface area contributed by atoms with Crippen LogP contribution in [-0.2, 0) is 6.54 Å². The summed E-state index contributed by atoms with van der Waals surface area (Å²) in [4.78, 5) is 0. The van der Waals surface area contributed by atoms with Crippen LogP contribution in [0.25, 0.3) is 10.8 Å². The Bertz CT molecular complexity index is 672. The quantitative estimate of drug-likeness (QED) is 0.756. The number of nitrogens with one attached hydrogen (secondary N) is 1. The van der Waals surface area contributed by atoms with Crippen molar-refractivity contribution in [1.82, 2.24) is 10.2 Å². The maximum absolute atomic E-state index is 5.54. The first-order valence-corrected chi connectivity index (χ1v) is 6.44. The van der Waals surface area contributed by atoms with Crippen LogP contribution < -0.4 is 11.1 Å². The van der Waals surface area contributed by atoms with Crippen LogP contribution in [0.2, 0.25) is 0 Å². The largest absolute Gasteiger partial charge is 0.374 e. The second-order valence-corrected chi connectivity index (χ2v) is 4.95. The topological polar surface area (TPSA) is 63.8 Å². The average molecular weight is 256 g/mol. The lowest BCUT2D eigenvalue weighted by molar-refractivity contribution is 1.06. The van der Waals surface area contributed by atoms with Gasteiger partial charge in [-0.15, -0.1) is 10.2 Å². The van der Waals surface area contributed by atoms with E-state index in [-0.39, 0.29) is 0 Å².